The van der Waals surface area contributed by atoms with Gasteiger partial charge >= 0.3 is 5.97 Å². The van der Waals surface area contributed by atoms with Crippen LogP contribution >= 0.6 is 0 Å². The molecule has 0 radical (unpaired) electrons. The first-order valence-corrected chi connectivity index (χ1v) is 5.49. The first kappa shape index (κ1) is 11.4. The molecule has 88 valence electrons. The number of nitrogens with zero attached hydrogens (tertiary/aromatic N) is 1. The average molecular weight is 230 g/mol. The van der Waals surface area contributed by atoms with Crippen molar-refractivity contribution in [3.05, 3.63) is 42.0 Å². The molecule has 0 amide bonds. The second-order valence-corrected chi connectivity index (χ2v) is 3.68. The fraction of sp³-hybridized carbons (Fsp3) is 0.231. The molecule has 2 aromatic heterocycles. The molecule has 4 nitrogen and oxygen atoms in total. The maximum absolute atomic E-state index is 11.6. The van der Waals surface area contributed by atoms with E-state index < -0.39 is 0 Å². The Morgan fingerprint density at radius 3 is 2.76 bits per heavy atom. The van der Waals surface area contributed by atoms with E-state index in [0.717, 1.165) is 16.8 Å². The molecule has 0 unspecified atom stereocenters. The number of carbonyl (C=O) groups excluding carboxylic acids is 1. The van der Waals surface area contributed by atoms with Crippen LogP contribution in [0.1, 0.15) is 23.1 Å². The highest BCUT2D eigenvalue weighted by Gasteiger charge is 2.13. The molecule has 0 bridgehead atoms. The van der Waals surface area contributed by atoms with E-state index in [1.807, 2.05) is 25.1 Å². The summed E-state index contributed by atoms with van der Waals surface area (Å²) >= 11 is 0. The number of ether oxygens (including phenoxy) is 1. The monoisotopic (exact) mass is 230 g/mol. The Bertz CT molecular complexity index is 517. The van der Waals surface area contributed by atoms with Gasteiger partial charge in [-0.05, 0) is 37.6 Å². The minimum Gasteiger partial charge on any atom is -0.461 e. The number of carbonyl (C=O) groups is 1. The molecule has 0 aromatic carbocycles. The Kier molecular flexibility index (Phi) is 3.23. The van der Waals surface area contributed by atoms with Gasteiger partial charge in [-0.1, -0.05) is 0 Å². The normalized spacial score (nSPS) is 10.2. The summed E-state index contributed by atoms with van der Waals surface area (Å²) < 4.78 is 4.95. The van der Waals surface area contributed by atoms with Crippen LogP contribution in [0.15, 0.2) is 30.6 Å². The minimum atomic E-state index is -0.323. The van der Waals surface area contributed by atoms with Crippen molar-refractivity contribution in [1.82, 2.24) is 9.97 Å². The molecule has 0 aliphatic heterocycles. The summed E-state index contributed by atoms with van der Waals surface area (Å²) in [4.78, 5) is 18.6. The van der Waals surface area contributed by atoms with Gasteiger partial charge in [0.05, 0.1) is 6.61 Å². The van der Waals surface area contributed by atoms with Crippen LogP contribution < -0.4 is 0 Å². The number of hydrogen-bond donors (Lipinski definition) is 1. The summed E-state index contributed by atoms with van der Waals surface area (Å²) in [5, 5.41) is 0. The fourth-order valence-corrected chi connectivity index (χ4v) is 1.71. The first-order valence-electron chi connectivity index (χ1n) is 5.49. The van der Waals surface area contributed by atoms with E-state index in [1.165, 1.54) is 0 Å². The number of aryl methyl sites for hydroxylation is 1. The lowest BCUT2D eigenvalue weighted by atomic mass is 10.1. The van der Waals surface area contributed by atoms with Gasteiger partial charge in [-0.15, -0.1) is 0 Å². The van der Waals surface area contributed by atoms with E-state index in [1.54, 1.807) is 19.3 Å². The molecule has 2 aromatic rings. The zero-order chi connectivity index (χ0) is 12.3. The second-order valence-electron chi connectivity index (χ2n) is 3.68. The SMILES string of the molecule is CCOC(=O)c1cc(-c2ccncc2)c(C)[nH]1. The van der Waals surface area contributed by atoms with Crippen LogP contribution in [0.4, 0.5) is 0 Å². The number of aromatic amines is 1. The van der Waals surface area contributed by atoms with Crippen molar-refractivity contribution in [3.63, 3.8) is 0 Å². The number of rotatable bonds is 3. The van der Waals surface area contributed by atoms with E-state index in [-0.39, 0.29) is 5.97 Å². The molecule has 17 heavy (non-hydrogen) atoms. The fourth-order valence-electron chi connectivity index (χ4n) is 1.71. The van der Waals surface area contributed by atoms with Gasteiger partial charge in [0.25, 0.3) is 0 Å². The van der Waals surface area contributed by atoms with Crippen molar-refractivity contribution < 1.29 is 9.53 Å². The van der Waals surface area contributed by atoms with E-state index in [4.69, 9.17) is 4.74 Å². The van der Waals surface area contributed by atoms with E-state index in [2.05, 4.69) is 9.97 Å². The van der Waals surface area contributed by atoms with Crippen LogP contribution in [0, 0.1) is 6.92 Å². The molecule has 2 heterocycles. The lowest BCUT2D eigenvalue weighted by molar-refractivity contribution is 0.0520. The van der Waals surface area contributed by atoms with Crippen LogP contribution in [0.3, 0.4) is 0 Å². The van der Waals surface area contributed by atoms with Crippen LogP contribution in [-0.4, -0.2) is 22.5 Å². The zero-order valence-corrected chi connectivity index (χ0v) is 9.86. The standard InChI is InChI=1S/C13H14N2O2/c1-3-17-13(16)12-8-11(9(2)15-12)10-4-6-14-7-5-10/h4-8,15H,3H2,1-2H3. The number of aromatic nitrogens is 2. The van der Waals surface area contributed by atoms with Gasteiger partial charge in [0.15, 0.2) is 0 Å². The molecule has 2 rings (SSSR count). The van der Waals surface area contributed by atoms with Crippen molar-refractivity contribution in [2.75, 3.05) is 6.61 Å². The van der Waals surface area contributed by atoms with Gasteiger partial charge in [0, 0.05) is 23.7 Å². The van der Waals surface area contributed by atoms with Crippen molar-refractivity contribution in [1.29, 1.82) is 0 Å². The summed E-state index contributed by atoms with van der Waals surface area (Å²) in [5.41, 5.74) is 3.45. The minimum absolute atomic E-state index is 0.323. The number of H-pyrrole nitrogens is 1. The quantitative estimate of drug-likeness (QED) is 0.824. The second kappa shape index (κ2) is 4.82. The van der Waals surface area contributed by atoms with E-state index >= 15 is 0 Å². The molecule has 0 aliphatic carbocycles. The maximum atomic E-state index is 11.6. The predicted octanol–water partition coefficient (Wildman–Crippen LogP) is 2.56. The van der Waals surface area contributed by atoms with Crippen molar-refractivity contribution in [2.24, 2.45) is 0 Å². The third-order valence-electron chi connectivity index (χ3n) is 2.50. The number of hydrogen-bond acceptors (Lipinski definition) is 3. The number of nitrogens with one attached hydrogen (secondary N) is 1. The molecule has 0 fully saturated rings. The summed E-state index contributed by atoms with van der Waals surface area (Å²) in [6, 6.07) is 5.62. The third kappa shape index (κ3) is 2.36. The summed E-state index contributed by atoms with van der Waals surface area (Å²) in [5.74, 6) is -0.323. The van der Waals surface area contributed by atoms with E-state index in [0.29, 0.717) is 12.3 Å². The first-order chi connectivity index (χ1) is 8.22. The van der Waals surface area contributed by atoms with Crippen LogP contribution in [0.2, 0.25) is 0 Å². The summed E-state index contributed by atoms with van der Waals surface area (Å²) in [6.07, 6.45) is 3.46. The molecule has 1 N–H and O–H groups in total. The summed E-state index contributed by atoms with van der Waals surface area (Å²) in [6.45, 7) is 4.09. The van der Waals surface area contributed by atoms with Gasteiger partial charge in [-0.3, -0.25) is 4.98 Å². The molecule has 0 saturated heterocycles. The van der Waals surface area contributed by atoms with Gasteiger partial charge in [-0.2, -0.15) is 0 Å². The van der Waals surface area contributed by atoms with Crippen molar-refractivity contribution in [2.45, 2.75) is 13.8 Å². The molecule has 0 aliphatic rings. The molecule has 0 spiro atoms. The Balaban J connectivity index is 2.35. The van der Waals surface area contributed by atoms with Gasteiger partial charge in [0.2, 0.25) is 0 Å². The molecule has 0 atom stereocenters. The van der Waals surface area contributed by atoms with Gasteiger partial charge < -0.3 is 9.72 Å². The lowest BCUT2D eigenvalue weighted by Gasteiger charge is -1.97. The van der Waals surface area contributed by atoms with Crippen LogP contribution in [0.25, 0.3) is 11.1 Å². The largest absolute Gasteiger partial charge is 0.461 e. The van der Waals surface area contributed by atoms with E-state index in [9.17, 15) is 4.79 Å². The Labute approximate surface area is 99.7 Å². The lowest BCUT2D eigenvalue weighted by Crippen LogP contribution is -2.04. The highest BCUT2D eigenvalue weighted by atomic mass is 16.5. The van der Waals surface area contributed by atoms with Crippen molar-refractivity contribution >= 4 is 5.97 Å². The van der Waals surface area contributed by atoms with Crippen molar-refractivity contribution in [3.8, 4) is 11.1 Å². The highest BCUT2D eigenvalue weighted by Crippen LogP contribution is 2.23. The van der Waals surface area contributed by atoms with Gasteiger partial charge in [0.1, 0.15) is 5.69 Å². The van der Waals surface area contributed by atoms with Crippen LogP contribution in [-0.2, 0) is 4.74 Å². The number of pyridine rings is 1. The van der Waals surface area contributed by atoms with Crippen LogP contribution in [0.5, 0.6) is 0 Å². The highest BCUT2D eigenvalue weighted by molar-refractivity contribution is 5.90. The zero-order valence-electron chi connectivity index (χ0n) is 9.86. The third-order valence-corrected chi connectivity index (χ3v) is 2.50. The topological polar surface area (TPSA) is 55.0 Å². The summed E-state index contributed by atoms with van der Waals surface area (Å²) in [7, 11) is 0. The average Bonchev–Trinajstić information content (AvgIpc) is 2.73. The molecule has 0 saturated carbocycles. The molecule has 4 heteroatoms. The Morgan fingerprint density at radius 2 is 2.12 bits per heavy atom. The smallest absolute Gasteiger partial charge is 0.354 e. The Hall–Kier alpha value is -2.10. The van der Waals surface area contributed by atoms with Gasteiger partial charge in [-0.25, -0.2) is 4.79 Å². The predicted molar refractivity (Wildman–Crippen MR) is 64.7 cm³/mol. The molecular formula is C13H14N2O2. The Morgan fingerprint density at radius 1 is 1.41 bits per heavy atom. The number of esters is 1. The molecular weight excluding hydrogens is 216 g/mol. The maximum Gasteiger partial charge on any atom is 0.354 e.